The van der Waals surface area contributed by atoms with Gasteiger partial charge >= 0.3 is 0 Å². The zero-order chi connectivity index (χ0) is 12.8. The van der Waals surface area contributed by atoms with Crippen molar-refractivity contribution in [3.63, 3.8) is 0 Å². The molecule has 2 rings (SSSR count). The van der Waals surface area contributed by atoms with Crippen LogP contribution in [0.2, 0.25) is 0 Å². The average Bonchev–Trinajstić information content (AvgIpc) is 3.16. The molecule has 0 aliphatic heterocycles. The van der Waals surface area contributed by atoms with Gasteiger partial charge in [0.05, 0.1) is 0 Å². The van der Waals surface area contributed by atoms with E-state index in [0.717, 1.165) is 49.9 Å². The van der Waals surface area contributed by atoms with E-state index in [1.54, 1.807) is 0 Å². The Labute approximate surface area is 110 Å². The highest BCUT2D eigenvalue weighted by molar-refractivity contribution is 5.48. The number of nitrogen functional groups attached to an aromatic ring is 1. The van der Waals surface area contributed by atoms with Gasteiger partial charge in [0.25, 0.3) is 0 Å². The van der Waals surface area contributed by atoms with Gasteiger partial charge in [0, 0.05) is 25.4 Å². The molecule has 18 heavy (non-hydrogen) atoms. The molecule has 1 aliphatic carbocycles. The van der Waals surface area contributed by atoms with Crippen LogP contribution in [0.1, 0.15) is 30.4 Å². The zero-order valence-electron chi connectivity index (χ0n) is 11.2. The van der Waals surface area contributed by atoms with E-state index in [-0.39, 0.29) is 0 Å². The number of ether oxygens (including phenoxy) is 1. The number of nitrogens with one attached hydrogen (secondary N) is 1. The van der Waals surface area contributed by atoms with Crippen molar-refractivity contribution in [2.75, 3.05) is 25.5 Å². The first-order chi connectivity index (χ1) is 8.75. The van der Waals surface area contributed by atoms with Gasteiger partial charge < -0.3 is 15.8 Å². The van der Waals surface area contributed by atoms with E-state index in [1.165, 1.54) is 18.4 Å². The molecule has 3 heteroatoms. The monoisotopic (exact) mass is 248 g/mol. The second-order valence-corrected chi connectivity index (χ2v) is 5.24. The van der Waals surface area contributed by atoms with Crippen molar-refractivity contribution >= 4 is 5.69 Å². The van der Waals surface area contributed by atoms with Crippen molar-refractivity contribution in [2.45, 2.75) is 32.7 Å². The molecule has 1 aromatic carbocycles. The molecular formula is C15H24N2O. The topological polar surface area (TPSA) is 47.3 Å². The van der Waals surface area contributed by atoms with Gasteiger partial charge in [-0.2, -0.15) is 0 Å². The fourth-order valence-electron chi connectivity index (χ4n) is 1.87. The lowest BCUT2D eigenvalue weighted by molar-refractivity contribution is 0.122. The molecule has 0 saturated heterocycles. The summed E-state index contributed by atoms with van der Waals surface area (Å²) >= 11 is 0. The SMILES string of the molecule is Cc1ccc(CNCCCOCC2CC2)cc1N. The van der Waals surface area contributed by atoms with Crippen LogP contribution >= 0.6 is 0 Å². The zero-order valence-corrected chi connectivity index (χ0v) is 11.2. The first kappa shape index (κ1) is 13.4. The van der Waals surface area contributed by atoms with E-state index in [1.807, 2.05) is 13.0 Å². The van der Waals surface area contributed by atoms with E-state index in [4.69, 9.17) is 10.5 Å². The summed E-state index contributed by atoms with van der Waals surface area (Å²) < 4.78 is 5.58. The largest absolute Gasteiger partial charge is 0.399 e. The van der Waals surface area contributed by atoms with Gasteiger partial charge in [-0.3, -0.25) is 0 Å². The molecule has 3 nitrogen and oxygen atoms in total. The van der Waals surface area contributed by atoms with Crippen molar-refractivity contribution in [1.82, 2.24) is 5.32 Å². The number of benzene rings is 1. The van der Waals surface area contributed by atoms with E-state index >= 15 is 0 Å². The van der Waals surface area contributed by atoms with Gasteiger partial charge in [-0.05, 0) is 55.8 Å². The smallest absolute Gasteiger partial charge is 0.0494 e. The van der Waals surface area contributed by atoms with Gasteiger partial charge in [-0.15, -0.1) is 0 Å². The Balaban J connectivity index is 1.52. The maximum absolute atomic E-state index is 5.88. The van der Waals surface area contributed by atoms with Crippen molar-refractivity contribution in [3.05, 3.63) is 29.3 Å². The molecular weight excluding hydrogens is 224 g/mol. The molecule has 0 unspecified atom stereocenters. The first-order valence-electron chi connectivity index (χ1n) is 6.89. The molecule has 1 aromatic rings. The summed E-state index contributed by atoms with van der Waals surface area (Å²) in [5.74, 6) is 0.869. The summed E-state index contributed by atoms with van der Waals surface area (Å²) in [6.45, 7) is 5.75. The summed E-state index contributed by atoms with van der Waals surface area (Å²) in [5, 5.41) is 3.42. The summed E-state index contributed by atoms with van der Waals surface area (Å²) in [5.41, 5.74) is 9.15. The number of hydrogen-bond acceptors (Lipinski definition) is 3. The standard InChI is InChI=1S/C15H24N2O/c1-12-3-4-14(9-15(12)16)10-17-7-2-8-18-11-13-5-6-13/h3-4,9,13,17H,2,5-8,10-11,16H2,1H3. The summed E-state index contributed by atoms with van der Waals surface area (Å²) in [6, 6.07) is 6.25. The second kappa shape index (κ2) is 6.76. The molecule has 0 radical (unpaired) electrons. The van der Waals surface area contributed by atoms with Crippen LogP contribution in [0.3, 0.4) is 0 Å². The Morgan fingerprint density at radius 3 is 2.94 bits per heavy atom. The highest BCUT2D eigenvalue weighted by Gasteiger charge is 2.20. The maximum Gasteiger partial charge on any atom is 0.0494 e. The van der Waals surface area contributed by atoms with Gasteiger partial charge in [0.2, 0.25) is 0 Å². The number of rotatable bonds is 8. The van der Waals surface area contributed by atoms with Crippen molar-refractivity contribution in [1.29, 1.82) is 0 Å². The van der Waals surface area contributed by atoms with Crippen LogP contribution in [0.15, 0.2) is 18.2 Å². The van der Waals surface area contributed by atoms with Crippen LogP contribution in [0, 0.1) is 12.8 Å². The molecule has 0 aromatic heterocycles. The quantitative estimate of drug-likeness (QED) is 0.549. The molecule has 3 N–H and O–H groups in total. The Morgan fingerprint density at radius 1 is 1.39 bits per heavy atom. The predicted molar refractivity (Wildman–Crippen MR) is 75.5 cm³/mol. The van der Waals surface area contributed by atoms with Crippen LogP contribution in [0.4, 0.5) is 5.69 Å². The molecule has 1 aliphatic rings. The summed E-state index contributed by atoms with van der Waals surface area (Å²) in [4.78, 5) is 0. The molecule has 100 valence electrons. The Bertz CT molecular complexity index is 375. The van der Waals surface area contributed by atoms with E-state index in [2.05, 4.69) is 17.4 Å². The third-order valence-corrected chi connectivity index (χ3v) is 3.37. The number of nitrogens with two attached hydrogens (primary N) is 1. The highest BCUT2D eigenvalue weighted by Crippen LogP contribution is 2.28. The third kappa shape index (κ3) is 4.67. The lowest BCUT2D eigenvalue weighted by Crippen LogP contribution is -2.16. The molecule has 0 spiro atoms. The predicted octanol–water partition coefficient (Wildman–Crippen LogP) is 2.48. The first-order valence-corrected chi connectivity index (χ1v) is 6.89. The van der Waals surface area contributed by atoms with Crippen LogP contribution in [-0.4, -0.2) is 19.8 Å². The minimum absolute atomic E-state index is 0.869. The number of anilines is 1. The normalized spacial score (nSPS) is 14.9. The highest BCUT2D eigenvalue weighted by atomic mass is 16.5. The second-order valence-electron chi connectivity index (χ2n) is 5.24. The van der Waals surface area contributed by atoms with Gasteiger partial charge in [0.15, 0.2) is 0 Å². The molecule has 0 amide bonds. The van der Waals surface area contributed by atoms with E-state index in [0.29, 0.717) is 0 Å². The van der Waals surface area contributed by atoms with Crippen LogP contribution < -0.4 is 11.1 Å². The van der Waals surface area contributed by atoms with Gasteiger partial charge in [-0.1, -0.05) is 12.1 Å². The third-order valence-electron chi connectivity index (χ3n) is 3.37. The lowest BCUT2D eigenvalue weighted by Gasteiger charge is -2.07. The molecule has 0 bridgehead atoms. The fourth-order valence-corrected chi connectivity index (χ4v) is 1.87. The van der Waals surface area contributed by atoms with Crippen LogP contribution in [0.25, 0.3) is 0 Å². The van der Waals surface area contributed by atoms with Crippen molar-refractivity contribution < 1.29 is 4.74 Å². The fraction of sp³-hybridized carbons (Fsp3) is 0.600. The van der Waals surface area contributed by atoms with E-state index in [9.17, 15) is 0 Å². The van der Waals surface area contributed by atoms with Crippen molar-refractivity contribution in [3.8, 4) is 0 Å². The minimum atomic E-state index is 0.869. The Kier molecular flexibility index (Phi) is 5.02. The minimum Gasteiger partial charge on any atom is -0.399 e. The average molecular weight is 248 g/mol. The number of hydrogen-bond donors (Lipinski definition) is 2. The summed E-state index contributed by atoms with van der Waals surface area (Å²) in [6.07, 6.45) is 3.81. The lowest BCUT2D eigenvalue weighted by atomic mass is 10.1. The molecule has 1 saturated carbocycles. The maximum atomic E-state index is 5.88. The van der Waals surface area contributed by atoms with E-state index < -0.39 is 0 Å². The van der Waals surface area contributed by atoms with Gasteiger partial charge in [-0.25, -0.2) is 0 Å². The van der Waals surface area contributed by atoms with Gasteiger partial charge in [0.1, 0.15) is 0 Å². The molecule has 0 atom stereocenters. The van der Waals surface area contributed by atoms with Crippen LogP contribution in [0.5, 0.6) is 0 Å². The number of aryl methyl sites for hydroxylation is 1. The van der Waals surface area contributed by atoms with Crippen molar-refractivity contribution in [2.24, 2.45) is 5.92 Å². The Hall–Kier alpha value is -1.06. The molecule has 0 heterocycles. The summed E-state index contributed by atoms with van der Waals surface area (Å²) in [7, 11) is 0. The van der Waals surface area contributed by atoms with Crippen LogP contribution in [-0.2, 0) is 11.3 Å². The molecule has 1 fully saturated rings. The Morgan fingerprint density at radius 2 is 2.22 bits per heavy atom.